The molecule has 2 heterocycles. The topological polar surface area (TPSA) is 47.6 Å². The Bertz CT molecular complexity index is 761. The van der Waals surface area contributed by atoms with E-state index in [0.717, 1.165) is 39.1 Å². The number of carbonyl (C=O) groups is 1. The van der Waals surface area contributed by atoms with Crippen molar-refractivity contribution in [2.45, 2.75) is 25.3 Å². The Morgan fingerprint density at radius 3 is 2.34 bits per heavy atom. The first-order valence-corrected chi connectivity index (χ1v) is 10.9. The van der Waals surface area contributed by atoms with Gasteiger partial charge in [-0.25, -0.2) is 4.79 Å². The van der Waals surface area contributed by atoms with Gasteiger partial charge in [0.15, 0.2) is 0 Å². The van der Waals surface area contributed by atoms with Crippen molar-refractivity contribution in [3.8, 4) is 0 Å². The van der Waals surface area contributed by atoms with Gasteiger partial charge in [-0.3, -0.25) is 4.90 Å². The SMILES string of the molecule is O=C(NCC1CCN(c2ccccc2)C1)NCC(c1ccccc1)N1CCCC1. The third-order valence-corrected chi connectivity index (χ3v) is 6.18. The van der Waals surface area contributed by atoms with E-state index in [2.05, 4.69) is 69.0 Å². The molecule has 2 N–H and O–H groups in total. The number of likely N-dealkylation sites (tertiary alicyclic amines) is 1. The van der Waals surface area contributed by atoms with Crippen LogP contribution in [0, 0.1) is 5.92 Å². The van der Waals surface area contributed by atoms with Crippen LogP contribution in [0.5, 0.6) is 0 Å². The number of anilines is 1. The Morgan fingerprint density at radius 2 is 1.62 bits per heavy atom. The van der Waals surface area contributed by atoms with E-state index in [-0.39, 0.29) is 12.1 Å². The van der Waals surface area contributed by atoms with E-state index in [9.17, 15) is 4.79 Å². The van der Waals surface area contributed by atoms with Crippen molar-refractivity contribution in [2.24, 2.45) is 5.92 Å². The van der Waals surface area contributed by atoms with Crippen molar-refractivity contribution in [1.29, 1.82) is 0 Å². The number of nitrogens with one attached hydrogen (secondary N) is 2. The van der Waals surface area contributed by atoms with Crippen molar-refractivity contribution in [1.82, 2.24) is 15.5 Å². The molecule has 2 aliphatic rings. The molecule has 29 heavy (non-hydrogen) atoms. The Balaban J connectivity index is 1.24. The van der Waals surface area contributed by atoms with Gasteiger partial charge in [-0.15, -0.1) is 0 Å². The molecule has 2 amide bonds. The quantitative estimate of drug-likeness (QED) is 0.756. The minimum atomic E-state index is -0.0525. The molecule has 0 spiro atoms. The minimum Gasteiger partial charge on any atom is -0.371 e. The van der Waals surface area contributed by atoms with Gasteiger partial charge in [0, 0.05) is 31.9 Å². The first-order chi connectivity index (χ1) is 14.3. The summed E-state index contributed by atoms with van der Waals surface area (Å²) >= 11 is 0. The van der Waals surface area contributed by atoms with Crippen LogP contribution in [0.3, 0.4) is 0 Å². The molecule has 2 aromatic rings. The fraction of sp³-hybridized carbons (Fsp3) is 0.458. The highest BCUT2D eigenvalue weighted by Crippen LogP contribution is 2.25. The Hall–Kier alpha value is -2.53. The van der Waals surface area contributed by atoms with Gasteiger partial charge in [0.1, 0.15) is 0 Å². The van der Waals surface area contributed by atoms with Gasteiger partial charge in [0.2, 0.25) is 0 Å². The van der Waals surface area contributed by atoms with Crippen molar-refractivity contribution >= 4 is 11.7 Å². The smallest absolute Gasteiger partial charge is 0.314 e. The van der Waals surface area contributed by atoms with E-state index in [4.69, 9.17) is 0 Å². The number of rotatable bonds is 7. The molecule has 0 radical (unpaired) electrons. The zero-order chi connectivity index (χ0) is 19.9. The van der Waals surface area contributed by atoms with Gasteiger partial charge >= 0.3 is 6.03 Å². The second kappa shape index (κ2) is 9.79. The molecule has 0 aromatic heterocycles. The van der Waals surface area contributed by atoms with E-state index in [1.165, 1.54) is 24.1 Å². The summed E-state index contributed by atoms with van der Waals surface area (Å²) in [7, 11) is 0. The van der Waals surface area contributed by atoms with Crippen molar-refractivity contribution in [2.75, 3.05) is 44.2 Å². The minimum absolute atomic E-state index is 0.0525. The van der Waals surface area contributed by atoms with Gasteiger partial charge in [-0.1, -0.05) is 48.5 Å². The second-order valence-corrected chi connectivity index (χ2v) is 8.20. The molecule has 2 atom stereocenters. The fourth-order valence-electron chi connectivity index (χ4n) is 4.55. The summed E-state index contributed by atoms with van der Waals surface area (Å²) in [6.07, 6.45) is 3.61. The summed E-state index contributed by atoms with van der Waals surface area (Å²) in [6, 6.07) is 21.3. The van der Waals surface area contributed by atoms with Gasteiger partial charge in [-0.05, 0) is 56.0 Å². The number of nitrogens with zero attached hydrogens (tertiary/aromatic N) is 2. The predicted octanol–water partition coefficient (Wildman–Crippen LogP) is 3.65. The maximum atomic E-state index is 12.4. The molecule has 154 valence electrons. The second-order valence-electron chi connectivity index (χ2n) is 8.20. The monoisotopic (exact) mass is 392 g/mol. The Labute approximate surface area is 174 Å². The summed E-state index contributed by atoms with van der Waals surface area (Å²) in [5.74, 6) is 0.504. The van der Waals surface area contributed by atoms with Crippen LogP contribution < -0.4 is 15.5 Å². The van der Waals surface area contributed by atoms with Crippen LogP contribution in [0.2, 0.25) is 0 Å². The summed E-state index contributed by atoms with van der Waals surface area (Å²) in [5.41, 5.74) is 2.56. The standard InChI is InChI=1S/C24H32N4O/c29-24(25-17-20-13-16-28(19-20)22-11-5-2-6-12-22)26-18-23(27-14-7-8-15-27)21-9-3-1-4-10-21/h1-6,9-12,20,23H,7-8,13-19H2,(H2,25,26,29). The molecule has 2 aromatic carbocycles. The highest BCUT2D eigenvalue weighted by atomic mass is 16.2. The zero-order valence-electron chi connectivity index (χ0n) is 17.1. The lowest BCUT2D eigenvalue weighted by atomic mass is 10.1. The molecular weight excluding hydrogens is 360 g/mol. The van der Waals surface area contributed by atoms with Crippen LogP contribution in [0.15, 0.2) is 60.7 Å². The lowest BCUT2D eigenvalue weighted by Gasteiger charge is -2.28. The maximum absolute atomic E-state index is 12.4. The summed E-state index contributed by atoms with van der Waals surface area (Å²) in [6.45, 7) is 5.67. The fourth-order valence-corrected chi connectivity index (χ4v) is 4.55. The number of hydrogen-bond donors (Lipinski definition) is 2. The Morgan fingerprint density at radius 1 is 0.931 bits per heavy atom. The molecular formula is C24H32N4O. The van der Waals surface area contributed by atoms with Crippen LogP contribution in [0.4, 0.5) is 10.5 Å². The van der Waals surface area contributed by atoms with Crippen molar-refractivity contribution < 1.29 is 4.79 Å². The lowest BCUT2D eigenvalue weighted by molar-refractivity contribution is 0.220. The molecule has 5 heteroatoms. The van der Waals surface area contributed by atoms with Crippen LogP contribution in [-0.4, -0.2) is 50.2 Å². The first-order valence-electron chi connectivity index (χ1n) is 10.9. The molecule has 2 saturated heterocycles. The highest BCUT2D eigenvalue weighted by Gasteiger charge is 2.25. The third-order valence-electron chi connectivity index (χ3n) is 6.18. The molecule has 0 bridgehead atoms. The number of benzene rings is 2. The molecule has 2 unspecified atom stereocenters. The normalized spacial score (nSPS) is 20.6. The molecule has 2 fully saturated rings. The van der Waals surface area contributed by atoms with Gasteiger partial charge in [0.25, 0.3) is 0 Å². The van der Waals surface area contributed by atoms with Crippen molar-refractivity contribution in [3.05, 3.63) is 66.2 Å². The molecule has 5 nitrogen and oxygen atoms in total. The van der Waals surface area contributed by atoms with E-state index in [0.29, 0.717) is 12.5 Å². The maximum Gasteiger partial charge on any atom is 0.314 e. The largest absolute Gasteiger partial charge is 0.371 e. The van der Waals surface area contributed by atoms with Gasteiger partial charge < -0.3 is 15.5 Å². The summed E-state index contributed by atoms with van der Waals surface area (Å²) in [4.78, 5) is 17.3. The summed E-state index contributed by atoms with van der Waals surface area (Å²) in [5, 5.41) is 6.22. The zero-order valence-corrected chi connectivity index (χ0v) is 17.1. The van der Waals surface area contributed by atoms with E-state index < -0.39 is 0 Å². The van der Waals surface area contributed by atoms with Gasteiger partial charge in [-0.2, -0.15) is 0 Å². The molecule has 4 rings (SSSR count). The lowest BCUT2D eigenvalue weighted by Crippen LogP contribution is -2.43. The molecule has 0 aliphatic carbocycles. The molecule has 2 aliphatic heterocycles. The van der Waals surface area contributed by atoms with E-state index in [1.54, 1.807) is 0 Å². The van der Waals surface area contributed by atoms with Gasteiger partial charge in [0.05, 0.1) is 6.04 Å². The van der Waals surface area contributed by atoms with E-state index >= 15 is 0 Å². The Kier molecular flexibility index (Phi) is 6.67. The number of carbonyl (C=O) groups excluding carboxylic acids is 1. The van der Waals surface area contributed by atoms with Crippen LogP contribution in [0.1, 0.15) is 30.9 Å². The van der Waals surface area contributed by atoms with Crippen LogP contribution in [-0.2, 0) is 0 Å². The first kappa shape index (κ1) is 19.8. The van der Waals surface area contributed by atoms with E-state index in [1.807, 2.05) is 12.1 Å². The predicted molar refractivity (Wildman–Crippen MR) is 118 cm³/mol. The number of urea groups is 1. The summed E-state index contributed by atoms with van der Waals surface area (Å²) < 4.78 is 0. The number of amides is 2. The number of para-hydroxylation sites is 1. The van der Waals surface area contributed by atoms with Crippen LogP contribution >= 0.6 is 0 Å². The number of hydrogen-bond acceptors (Lipinski definition) is 3. The van der Waals surface area contributed by atoms with Crippen LogP contribution in [0.25, 0.3) is 0 Å². The third kappa shape index (κ3) is 5.30. The molecule has 0 saturated carbocycles. The average Bonchev–Trinajstić information content (AvgIpc) is 3.46. The van der Waals surface area contributed by atoms with Crippen molar-refractivity contribution in [3.63, 3.8) is 0 Å². The highest BCUT2D eigenvalue weighted by molar-refractivity contribution is 5.73. The average molecular weight is 393 g/mol.